The summed E-state index contributed by atoms with van der Waals surface area (Å²) in [4.78, 5) is 12.4. The molecule has 1 fully saturated rings. The lowest BCUT2D eigenvalue weighted by Crippen LogP contribution is -2.50. The Hall–Kier alpha value is -2.75. The van der Waals surface area contributed by atoms with E-state index in [1.165, 1.54) is 0 Å². The fraction of sp³-hybridized carbons (Fsp3) is 0.240. The van der Waals surface area contributed by atoms with Crippen LogP contribution < -0.4 is 5.32 Å². The maximum atomic E-state index is 12.4. The summed E-state index contributed by atoms with van der Waals surface area (Å²) in [6, 6.07) is 31.2. The van der Waals surface area contributed by atoms with Gasteiger partial charge in [-0.15, -0.1) is 0 Å². The van der Waals surface area contributed by atoms with Crippen LogP contribution in [0.25, 0.3) is 0 Å². The van der Waals surface area contributed by atoms with E-state index in [0.717, 1.165) is 23.1 Å². The molecule has 1 N–H and O–H groups in total. The van der Waals surface area contributed by atoms with Crippen LogP contribution >= 0.6 is 0 Å². The van der Waals surface area contributed by atoms with Crippen LogP contribution in [0.1, 0.15) is 29.5 Å². The normalized spacial score (nSPS) is 17.4. The van der Waals surface area contributed by atoms with Crippen molar-refractivity contribution < 1.29 is 9.53 Å². The van der Waals surface area contributed by atoms with E-state index < -0.39 is 11.6 Å². The van der Waals surface area contributed by atoms with Gasteiger partial charge >= 0.3 is 0 Å². The molecule has 0 aliphatic carbocycles. The van der Waals surface area contributed by atoms with Gasteiger partial charge in [-0.3, -0.25) is 10.1 Å². The molecule has 0 aromatic heterocycles. The number of ether oxygens (including phenoxy) is 1. The molecule has 0 radical (unpaired) electrons. The number of carbonyl (C=O) groups is 1. The third-order valence-electron chi connectivity index (χ3n) is 5.42. The summed E-state index contributed by atoms with van der Waals surface area (Å²) in [6.07, 6.45) is 1.02. The van der Waals surface area contributed by atoms with Gasteiger partial charge < -0.3 is 4.74 Å². The molecule has 0 bridgehead atoms. The quantitative estimate of drug-likeness (QED) is 0.656. The summed E-state index contributed by atoms with van der Waals surface area (Å²) in [5, 5.41) is 3.74. The third-order valence-corrected chi connectivity index (χ3v) is 5.42. The minimum Gasteiger partial charge on any atom is -0.369 e. The lowest BCUT2D eigenvalue weighted by atomic mass is 9.77. The van der Waals surface area contributed by atoms with Gasteiger partial charge in [-0.2, -0.15) is 0 Å². The number of carbonyl (C=O) groups excluding carboxylic acids is 1. The second kappa shape index (κ2) is 8.51. The van der Waals surface area contributed by atoms with Crippen LogP contribution in [-0.2, 0) is 15.1 Å². The number of Topliss-reactive ketones (excluding diaryl/α,β-unsaturated/α-hetero) is 1. The molecule has 1 heterocycles. The van der Waals surface area contributed by atoms with Crippen LogP contribution in [0, 0.1) is 0 Å². The van der Waals surface area contributed by atoms with Crippen molar-refractivity contribution in [2.75, 3.05) is 13.2 Å². The predicted molar refractivity (Wildman–Crippen MR) is 111 cm³/mol. The Balaban J connectivity index is 1.82. The molecule has 1 aliphatic heterocycles. The van der Waals surface area contributed by atoms with Gasteiger partial charge in [-0.25, -0.2) is 0 Å². The van der Waals surface area contributed by atoms with E-state index in [-0.39, 0.29) is 5.78 Å². The summed E-state index contributed by atoms with van der Waals surface area (Å²) in [7, 11) is 0. The summed E-state index contributed by atoms with van der Waals surface area (Å²) in [6.45, 7) is 1.12. The Labute approximate surface area is 166 Å². The maximum Gasteiger partial charge on any atom is 0.162 e. The highest BCUT2D eigenvalue weighted by molar-refractivity contribution is 5.83. The molecule has 28 heavy (non-hydrogen) atoms. The molecule has 142 valence electrons. The summed E-state index contributed by atoms with van der Waals surface area (Å²) in [5.74, 6) is 0.182. The highest BCUT2D eigenvalue weighted by atomic mass is 16.5. The van der Waals surface area contributed by atoms with E-state index in [4.69, 9.17) is 4.74 Å². The number of benzene rings is 3. The molecule has 1 aliphatic rings. The molecule has 1 unspecified atom stereocenters. The molecule has 0 spiro atoms. The minimum atomic E-state index is -0.565. The lowest BCUT2D eigenvalue weighted by Gasteiger charge is -2.38. The van der Waals surface area contributed by atoms with Crippen LogP contribution in [0.5, 0.6) is 0 Å². The highest BCUT2D eigenvalue weighted by Gasteiger charge is 2.37. The van der Waals surface area contributed by atoms with Gasteiger partial charge in [-0.1, -0.05) is 91.0 Å². The van der Waals surface area contributed by atoms with Gasteiger partial charge in [0, 0.05) is 19.6 Å². The molecule has 0 amide bonds. The van der Waals surface area contributed by atoms with Gasteiger partial charge in [0.05, 0.1) is 5.54 Å². The second-order valence-electron chi connectivity index (χ2n) is 7.16. The predicted octanol–water partition coefficient (Wildman–Crippen LogP) is 4.32. The summed E-state index contributed by atoms with van der Waals surface area (Å²) in [5.41, 5.74) is 2.84. The average molecular weight is 371 g/mol. The first-order valence-electron chi connectivity index (χ1n) is 9.86. The average Bonchev–Trinajstić information content (AvgIpc) is 2.78. The van der Waals surface area contributed by atoms with Gasteiger partial charge in [-0.05, 0) is 23.1 Å². The third kappa shape index (κ3) is 3.64. The molecule has 1 atom stereocenters. The second-order valence-corrected chi connectivity index (χ2v) is 7.16. The van der Waals surface area contributed by atoms with E-state index in [9.17, 15) is 4.79 Å². The molecule has 3 aromatic carbocycles. The number of nitrogens with one attached hydrogen (secondary N) is 1. The van der Waals surface area contributed by atoms with Crippen molar-refractivity contribution in [3.8, 4) is 0 Å². The standard InChI is InChI=1S/C25H25NO2/c27-23-17-10-18-28-24(23)19-26-25(20-11-4-1-5-12-20,21-13-6-2-7-14-21)22-15-8-3-9-16-22/h1-9,11-16,24,26H,10,17-19H2. The van der Waals surface area contributed by atoms with E-state index in [1.807, 2.05) is 18.2 Å². The van der Waals surface area contributed by atoms with Crippen molar-refractivity contribution in [1.82, 2.24) is 5.32 Å². The zero-order valence-corrected chi connectivity index (χ0v) is 15.9. The maximum absolute atomic E-state index is 12.4. The smallest absolute Gasteiger partial charge is 0.162 e. The fourth-order valence-electron chi connectivity index (χ4n) is 4.02. The van der Waals surface area contributed by atoms with Gasteiger partial charge in [0.25, 0.3) is 0 Å². The summed E-state index contributed by atoms with van der Waals surface area (Å²) >= 11 is 0. The Bertz CT molecular complexity index is 797. The fourth-order valence-corrected chi connectivity index (χ4v) is 4.02. The molecule has 3 nitrogen and oxygen atoms in total. The zero-order chi connectivity index (χ0) is 19.2. The molecular weight excluding hydrogens is 346 g/mol. The Morgan fingerprint density at radius 1 is 0.786 bits per heavy atom. The van der Waals surface area contributed by atoms with Crippen molar-refractivity contribution in [1.29, 1.82) is 0 Å². The number of hydrogen-bond acceptors (Lipinski definition) is 3. The number of rotatable bonds is 6. The van der Waals surface area contributed by atoms with Crippen LogP contribution in [0.4, 0.5) is 0 Å². The molecule has 3 heteroatoms. The minimum absolute atomic E-state index is 0.182. The number of ketones is 1. The zero-order valence-electron chi connectivity index (χ0n) is 15.9. The first-order chi connectivity index (χ1) is 13.8. The molecule has 1 saturated heterocycles. The van der Waals surface area contributed by atoms with E-state index in [0.29, 0.717) is 19.6 Å². The SMILES string of the molecule is O=C1CCCOC1CNC(c1ccccc1)(c1ccccc1)c1ccccc1. The molecular formula is C25H25NO2. The number of hydrogen-bond donors (Lipinski definition) is 1. The molecule has 0 saturated carbocycles. The Morgan fingerprint density at radius 3 is 1.68 bits per heavy atom. The van der Waals surface area contributed by atoms with E-state index in [1.54, 1.807) is 0 Å². The van der Waals surface area contributed by atoms with Gasteiger partial charge in [0.15, 0.2) is 5.78 Å². The van der Waals surface area contributed by atoms with Crippen molar-refractivity contribution in [2.24, 2.45) is 0 Å². The molecule has 3 aromatic rings. The van der Waals surface area contributed by atoms with E-state index in [2.05, 4.69) is 78.1 Å². The van der Waals surface area contributed by atoms with Crippen LogP contribution in [0.3, 0.4) is 0 Å². The van der Waals surface area contributed by atoms with Crippen molar-refractivity contribution >= 4 is 5.78 Å². The van der Waals surface area contributed by atoms with Crippen molar-refractivity contribution in [3.63, 3.8) is 0 Å². The van der Waals surface area contributed by atoms with Crippen molar-refractivity contribution in [3.05, 3.63) is 108 Å². The first kappa shape index (κ1) is 18.6. The van der Waals surface area contributed by atoms with Crippen LogP contribution in [-0.4, -0.2) is 25.0 Å². The summed E-state index contributed by atoms with van der Waals surface area (Å²) < 4.78 is 5.78. The van der Waals surface area contributed by atoms with Gasteiger partial charge in [0.1, 0.15) is 6.10 Å². The van der Waals surface area contributed by atoms with E-state index >= 15 is 0 Å². The highest BCUT2D eigenvalue weighted by Crippen LogP contribution is 2.36. The Morgan fingerprint density at radius 2 is 1.25 bits per heavy atom. The monoisotopic (exact) mass is 371 g/mol. The first-order valence-corrected chi connectivity index (χ1v) is 9.86. The van der Waals surface area contributed by atoms with Crippen molar-refractivity contribution in [2.45, 2.75) is 24.5 Å². The largest absolute Gasteiger partial charge is 0.369 e. The molecule has 4 rings (SSSR count). The lowest BCUT2D eigenvalue weighted by molar-refractivity contribution is -0.135. The van der Waals surface area contributed by atoms with Gasteiger partial charge in [0.2, 0.25) is 0 Å². The van der Waals surface area contributed by atoms with Crippen LogP contribution in [0.15, 0.2) is 91.0 Å². The Kier molecular flexibility index (Phi) is 5.65. The topological polar surface area (TPSA) is 38.3 Å². The van der Waals surface area contributed by atoms with Crippen LogP contribution in [0.2, 0.25) is 0 Å².